The van der Waals surface area contributed by atoms with E-state index < -0.39 is 0 Å². The quantitative estimate of drug-likeness (QED) is 0.236. The van der Waals surface area contributed by atoms with Crippen LogP contribution < -0.4 is 15.5 Å². The second-order valence-electron chi connectivity index (χ2n) is 8.98. The van der Waals surface area contributed by atoms with Crippen LogP contribution in [-0.2, 0) is 17.9 Å². The van der Waals surface area contributed by atoms with Gasteiger partial charge in [0.2, 0.25) is 5.91 Å². The van der Waals surface area contributed by atoms with E-state index in [0.29, 0.717) is 31.7 Å². The van der Waals surface area contributed by atoms with E-state index in [1.807, 2.05) is 92.9 Å². The molecule has 194 valence electrons. The highest BCUT2D eigenvalue weighted by Crippen LogP contribution is 2.23. The Bertz CT molecular complexity index is 1150. The van der Waals surface area contributed by atoms with Crippen LogP contribution in [0.2, 0.25) is 0 Å². The summed E-state index contributed by atoms with van der Waals surface area (Å²) in [5.41, 5.74) is 4.73. The maximum atomic E-state index is 12.6. The standard InChI is InChI=1S/C31H38N4O2/c1-4-25(2)33-20-10-6-5-9-19-32-23-29-13-7-8-14-30(29)35(26(3)36)24-27-15-17-28(18-16-27)31(37)34-21-11-12-22-34/h4-8,10-18,20,32-33H,9,19,21-24H2,1-3H3/b6-5+,20-10-,25-4+. The molecule has 1 heterocycles. The lowest BCUT2D eigenvalue weighted by molar-refractivity contribution is -0.116. The van der Waals surface area contributed by atoms with E-state index in [-0.39, 0.29) is 11.8 Å². The third-order valence-corrected chi connectivity index (χ3v) is 6.20. The van der Waals surface area contributed by atoms with Gasteiger partial charge in [0.15, 0.2) is 0 Å². The van der Waals surface area contributed by atoms with Gasteiger partial charge >= 0.3 is 0 Å². The Morgan fingerprint density at radius 2 is 1.73 bits per heavy atom. The van der Waals surface area contributed by atoms with Crippen LogP contribution in [0.4, 0.5) is 5.69 Å². The fraction of sp³-hybridized carbons (Fsp3) is 0.290. The van der Waals surface area contributed by atoms with Gasteiger partial charge in [-0.3, -0.25) is 9.59 Å². The summed E-state index contributed by atoms with van der Waals surface area (Å²) >= 11 is 0. The Morgan fingerprint density at radius 1 is 1.00 bits per heavy atom. The van der Waals surface area contributed by atoms with Crippen molar-refractivity contribution in [1.29, 1.82) is 0 Å². The first-order chi connectivity index (χ1) is 18.0. The summed E-state index contributed by atoms with van der Waals surface area (Å²) in [4.78, 5) is 28.8. The van der Waals surface area contributed by atoms with Crippen LogP contribution in [0.25, 0.3) is 0 Å². The van der Waals surface area contributed by atoms with Crippen molar-refractivity contribution in [2.75, 3.05) is 24.5 Å². The lowest BCUT2D eigenvalue weighted by Gasteiger charge is -2.24. The number of nitrogens with zero attached hydrogens (tertiary/aromatic N) is 2. The molecule has 2 amide bonds. The minimum Gasteiger partial charge on any atom is -0.366 e. The molecule has 0 unspecified atom stereocenters. The molecule has 0 spiro atoms. The van der Waals surface area contributed by atoms with E-state index in [1.165, 1.54) is 0 Å². The van der Waals surface area contributed by atoms with Crippen LogP contribution in [0.5, 0.6) is 0 Å². The highest BCUT2D eigenvalue weighted by atomic mass is 16.2. The lowest BCUT2D eigenvalue weighted by Crippen LogP contribution is -2.30. The summed E-state index contributed by atoms with van der Waals surface area (Å²) in [7, 11) is 0. The molecule has 2 aromatic carbocycles. The number of allylic oxidation sites excluding steroid dienone is 4. The molecule has 0 aliphatic carbocycles. The van der Waals surface area contributed by atoms with E-state index in [1.54, 1.807) is 16.7 Å². The van der Waals surface area contributed by atoms with E-state index in [4.69, 9.17) is 0 Å². The fourth-order valence-electron chi connectivity index (χ4n) is 3.95. The predicted molar refractivity (Wildman–Crippen MR) is 152 cm³/mol. The number of para-hydroxylation sites is 1. The maximum absolute atomic E-state index is 12.6. The van der Waals surface area contributed by atoms with Crippen molar-refractivity contribution in [2.24, 2.45) is 0 Å². The molecule has 37 heavy (non-hydrogen) atoms. The number of rotatable bonds is 12. The summed E-state index contributed by atoms with van der Waals surface area (Å²) in [5, 5.41) is 6.66. The van der Waals surface area contributed by atoms with Gasteiger partial charge in [-0.05, 0) is 62.2 Å². The molecule has 0 saturated heterocycles. The first kappa shape index (κ1) is 27.7. The van der Waals surface area contributed by atoms with Gasteiger partial charge in [-0.1, -0.05) is 60.7 Å². The predicted octanol–water partition coefficient (Wildman–Crippen LogP) is 5.31. The molecule has 3 rings (SSSR count). The summed E-state index contributed by atoms with van der Waals surface area (Å²) in [5.74, 6) is 0.00917. The third kappa shape index (κ3) is 8.62. The largest absolute Gasteiger partial charge is 0.366 e. The monoisotopic (exact) mass is 498 g/mol. The number of carbonyl (C=O) groups is 2. The summed E-state index contributed by atoms with van der Waals surface area (Å²) in [6.07, 6.45) is 15.0. The molecule has 0 bridgehead atoms. The molecule has 6 heteroatoms. The van der Waals surface area contributed by atoms with Gasteiger partial charge in [0, 0.05) is 49.7 Å². The van der Waals surface area contributed by atoms with Gasteiger partial charge < -0.3 is 20.4 Å². The number of anilines is 1. The first-order valence-corrected chi connectivity index (χ1v) is 12.8. The Hall–Kier alpha value is -3.90. The molecule has 0 fully saturated rings. The number of nitrogens with one attached hydrogen (secondary N) is 2. The van der Waals surface area contributed by atoms with Crippen molar-refractivity contribution >= 4 is 17.5 Å². The Labute approximate surface area is 221 Å². The van der Waals surface area contributed by atoms with E-state index in [0.717, 1.165) is 35.5 Å². The zero-order valence-corrected chi connectivity index (χ0v) is 22.1. The van der Waals surface area contributed by atoms with Crippen molar-refractivity contribution in [3.8, 4) is 0 Å². The lowest BCUT2D eigenvalue weighted by atomic mass is 10.1. The van der Waals surface area contributed by atoms with Crippen molar-refractivity contribution in [3.05, 3.63) is 114 Å². The van der Waals surface area contributed by atoms with Crippen molar-refractivity contribution in [1.82, 2.24) is 15.5 Å². The molecular weight excluding hydrogens is 460 g/mol. The molecular formula is C31H38N4O2. The summed E-state index contributed by atoms with van der Waals surface area (Å²) < 4.78 is 0. The first-order valence-electron chi connectivity index (χ1n) is 12.8. The topological polar surface area (TPSA) is 64.7 Å². The number of hydrogen-bond donors (Lipinski definition) is 2. The van der Waals surface area contributed by atoms with Crippen molar-refractivity contribution in [2.45, 2.75) is 40.3 Å². The van der Waals surface area contributed by atoms with Crippen LogP contribution in [0.3, 0.4) is 0 Å². The molecule has 2 N–H and O–H groups in total. The number of carbonyl (C=O) groups excluding carboxylic acids is 2. The van der Waals surface area contributed by atoms with Crippen LogP contribution in [-0.4, -0.2) is 36.3 Å². The summed E-state index contributed by atoms with van der Waals surface area (Å²) in [6, 6.07) is 15.6. The van der Waals surface area contributed by atoms with Gasteiger partial charge in [0.1, 0.15) is 0 Å². The minimum absolute atomic E-state index is 0.0211. The number of hydrogen-bond acceptors (Lipinski definition) is 4. The Morgan fingerprint density at radius 3 is 2.43 bits per heavy atom. The molecule has 0 saturated carbocycles. The molecule has 1 aliphatic rings. The smallest absolute Gasteiger partial charge is 0.254 e. The highest BCUT2D eigenvalue weighted by molar-refractivity contribution is 5.95. The second kappa shape index (κ2) is 14.6. The van der Waals surface area contributed by atoms with Gasteiger partial charge in [-0.15, -0.1) is 0 Å². The number of benzene rings is 2. The van der Waals surface area contributed by atoms with E-state index in [2.05, 4.69) is 22.8 Å². The normalized spacial score (nSPS) is 13.6. The zero-order chi connectivity index (χ0) is 26.5. The SMILES string of the molecule is C/C=C(\C)N/C=C\C=C\CCNCc1ccccc1N(Cc1ccc(C(=O)N2CC=CC2)cc1)C(C)=O. The van der Waals surface area contributed by atoms with Crippen LogP contribution >= 0.6 is 0 Å². The fourth-order valence-corrected chi connectivity index (χ4v) is 3.95. The van der Waals surface area contributed by atoms with Crippen molar-refractivity contribution < 1.29 is 9.59 Å². The average molecular weight is 499 g/mol. The second-order valence-corrected chi connectivity index (χ2v) is 8.98. The minimum atomic E-state index is -0.0211. The van der Waals surface area contributed by atoms with Crippen LogP contribution in [0.15, 0.2) is 96.9 Å². The average Bonchev–Trinajstić information content (AvgIpc) is 3.46. The van der Waals surface area contributed by atoms with Gasteiger partial charge in [0.05, 0.1) is 6.54 Å². The van der Waals surface area contributed by atoms with Gasteiger partial charge in [0.25, 0.3) is 5.91 Å². The van der Waals surface area contributed by atoms with Gasteiger partial charge in [-0.25, -0.2) is 0 Å². The Kier molecular flexibility index (Phi) is 10.9. The van der Waals surface area contributed by atoms with Crippen LogP contribution in [0.1, 0.15) is 48.7 Å². The van der Waals surface area contributed by atoms with Crippen LogP contribution in [0, 0.1) is 0 Å². The molecule has 0 aromatic heterocycles. The van der Waals surface area contributed by atoms with Crippen molar-refractivity contribution in [3.63, 3.8) is 0 Å². The molecule has 0 radical (unpaired) electrons. The zero-order valence-electron chi connectivity index (χ0n) is 22.1. The van der Waals surface area contributed by atoms with E-state index >= 15 is 0 Å². The molecule has 0 atom stereocenters. The van der Waals surface area contributed by atoms with E-state index in [9.17, 15) is 9.59 Å². The Balaban J connectivity index is 1.56. The molecule has 6 nitrogen and oxygen atoms in total. The summed E-state index contributed by atoms with van der Waals surface area (Å²) in [6.45, 7) is 8.88. The molecule has 1 aliphatic heterocycles. The van der Waals surface area contributed by atoms with Gasteiger partial charge in [-0.2, -0.15) is 0 Å². The maximum Gasteiger partial charge on any atom is 0.254 e. The molecule has 2 aromatic rings. The number of amides is 2. The highest BCUT2D eigenvalue weighted by Gasteiger charge is 2.18. The third-order valence-electron chi connectivity index (χ3n) is 6.20.